The molecule has 0 aliphatic rings. The zero-order valence-corrected chi connectivity index (χ0v) is 20.6. The SMILES string of the molecule is N=C(CCS)OCCn1c(=O)n(CCOC(=O)CCS)c(=O)n(CCOC(=O)CCS)c1=O. The molecule has 12 nitrogen and oxygen atoms in total. The molecule has 0 amide bonds. The zero-order chi connectivity index (χ0) is 24.8. The van der Waals surface area contributed by atoms with Gasteiger partial charge in [0, 0.05) is 17.9 Å². The van der Waals surface area contributed by atoms with Crippen molar-refractivity contribution in [1.82, 2.24) is 13.7 Å². The lowest BCUT2D eigenvalue weighted by Crippen LogP contribution is -2.55. The fraction of sp³-hybridized carbons (Fsp3) is 0.667. The molecule has 0 atom stereocenters. The largest absolute Gasteiger partial charge is 0.479 e. The third-order valence-electron chi connectivity index (χ3n) is 4.10. The molecule has 0 aliphatic carbocycles. The second kappa shape index (κ2) is 15.7. The Morgan fingerprint density at radius 3 is 1.30 bits per heavy atom. The second-order valence-corrected chi connectivity index (χ2v) is 7.78. The normalized spacial score (nSPS) is 10.6. The summed E-state index contributed by atoms with van der Waals surface area (Å²) in [6.07, 6.45) is 0.404. The first-order valence-corrected chi connectivity index (χ1v) is 11.9. The number of rotatable bonds is 15. The molecule has 15 heteroatoms. The van der Waals surface area contributed by atoms with Crippen LogP contribution in [0.15, 0.2) is 14.4 Å². The average Bonchev–Trinajstić information content (AvgIpc) is 2.76. The molecule has 1 aromatic rings. The fourth-order valence-corrected chi connectivity index (χ4v) is 3.09. The molecule has 186 valence electrons. The molecule has 1 aromatic heterocycles. The number of thiol groups is 3. The smallest absolute Gasteiger partial charge is 0.336 e. The van der Waals surface area contributed by atoms with E-state index in [0.717, 1.165) is 13.7 Å². The number of esters is 2. The number of hydrogen-bond acceptors (Lipinski definition) is 12. The minimum absolute atomic E-state index is 0.0566. The van der Waals surface area contributed by atoms with Crippen LogP contribution in [0.1, 0.15) is 19.3 Å². The van der Waals surface area contributed by atoms with Gasteiger partial charge in [-0.15, -0.1) is 0 Å². The summed E-state index contributed by atoms with van der Waals surface area (Å²) >= 11 is 11.8. The van der Waals surface area contributed by atoms with Crippen molar-refractivity contribution in [2.75, 3.05) is 37.1 Å². The van der Waals surface area contributed by atoms with Crippen molar-refractivity contribution in [3.63, 3.8) is 0 Å². The molecule has 0 unspecified atom stereocenters. The highest BCUT2D eigenvalue weighted by atomic mass is 32.1. The van der Waals surface area contributed by atoms with E-state index < -0.39 is 29.0 Å². The van der Waals surface area contributed by atoms with E-state index in [9.17, 15) is 24.0 Å². The molecule has 0 aliphatic heterocycles. The van der Waals surface area contributed by atoms with E-state index in [4.69, 9.17) is 19.6 Å². The van der Waals surface area contributed by atoms with Crippen LogP contribution in [0, 0.1) is 5.41 Å². The van der Waals surface area contributed by atoms with Crippen LogP contribution in [0.3, 0.4) is 0 Å². The van der Waals surface area contributed by atoms with Crippen molar-refractivity contribution in [3.05, 3.63) is 31.5 Å². The second-order valence-electron chi connectivity index (χ2n) is 6.44. The van der Waals surface area contributed by atoms with Crippen molar-refractivity contribution in [2.24, 2.45) is 0 Å². The van der Waals surface area contributed by atoms with Crippen LogP contribution in [0.25, 0.3) is 0 Å². The van der Waals surface area contributed by atoms with Crippen LogP contribution in [-0.4, -0.2) is 68.6 Å². The molecule has 1 heterocycles. The summed E-state index contributed by atoms with van der Waals surface area (Å²) in [5, 5.41) is 7.61. The highest BCUT2D eigenvalue weighted by Crippen LogP contribution is 1.92. The van der Waals surface area contributed by atoms with Gasteiger partial charge in [0.05, 0.1) is 32.5 Å². The van der Waals surface area contributed by atoms with E-state index in [2.05, 4.69) is 37.9 Å². The van der Waals surface area contributed by atoms with Crippen molar-refractivity contribution in [3.8, 4) is 0 Å². The molecule has 1 N–H and O–H groups in total. The molecule has 0 bridgehead atoms. The molecule has 0 saturated carbocycles. The number of hydrogen-bond donors (Lipinski definition) is 4. The fourth-order valence-electron chi connectivity index (χ4n) is 2.52. The topological polar surface area (TPSA) is 152 Å². The quantitative estimate of drug-likeness (QED) is 0.101. The standard InChI is InChI=1S/C18H28N4O8S3/c19-13(1-10-31)28-7-4-20-16(25)21(5-8-29-14(23)2-11-32)18(27)22(17(20)26)6-9-30-15(24)3-12-33/h19,31-33H,1-12H2. The van der Waals surface area contributed by atoms with Crippen molar-refractivity contribution in [2.45, 2.75) is 38.9 Å². The average molecular weight is 525 g/mol. The number of ether oxygens (including phenoxy) is 3. The van der Waals surface area contributed by atoms with Gasteiger partial charge in [-0.1, -0.05) is 0 Å². The van der Waals surface area contributed by atoms with E-state index in [1.165, 1.54) is 0 Å². The molecule has 1 rings (SSSR count). The molecule has 0 fully saturated rings. The van der Waals surface area contributed by atoms with Gasteiger partial charge < -0.3 is 14.2 Å². The van der Waals surface area contributed by atoms with Gasteiger partial charge in [0.1, 0.15) is 19.8 Å². The van der Waals surface area contributed by atoms with E-state index in [0.29, 0.717) is 5.75 Å². The molecule has 0 radical (unpaired) electrons. The van der Waals surface area contributed by atoms with Gasteiger partial charge in [0.2, 0.25) is 0 Å². The van der Waals surface area contributed by atoms with Gasteiger partial charge in [0.25, 0.3) is 0 Å². The maximum absolute atomic E-state index is 12.8. The van der Waals surface area contributed by atoms with Crippen LogP contribution in [0.4, 0.5) is 0 Å². The molecule has 0 spiro atoms. The highest BCUT2D eigenvalue weighted by molar-refractivity contribution is 7.80. The predicted molar refractivity (Wildman–Crippen MR) is 130 cm³/mol. The molecule has 0 saturated heterocycles. The third-order valence-corrected chi connectivity index (χ3v) is 4.77. The lowest BCUT2D eigenvalue weighted by atomic mass is 10.5. The van der Waals surface area contributed by atoms with E-state index in [1.54, 1.807) is 0 Å². The summed E-state index contributed by atoms with van der Waals surface area (Å²) < 4.78 is 17.4. The summed E-state index contributed by atoms with van der Waals surface area (Å²) in [4.78, 5) is 61.4. The third kappa shape index (κ3) is 9.71. The van der Waals surface area contributed by atoms with Crippen LogP contribution >= 0.6 is 37.9 Å². The van der Waals surface area contributed by atoms with Gasteiger partial charge >= 0.3 is 29.0 Å². The van der Waals surface area contributed by atoms with E-state index >= 15 is 0 Å². The maximum Gasteiger partial charge on any atom is 0.336 e. The Labute approximate surface area is 205 Å². The van der Waals surface area contributed by atoms with Gasteiger partial charge in [-0.3, -0.25) is 15.0 Å². The lowest BCUT2D eigenvalue weighted by Gasteiger charge is -2.14. The van der Waals surface area contributed by atoms with Crippen LogP contribution in [0.2, 0.25) is 0 Å². The minimum Gasteiger partial charge on any atom is -0.479 e. The zero-order valence-electron chi connectivity index (χ0n) is 17.9. The first kappa shape index (κ1) is 28.9. The lowest BCUT2D eigenvalue weighted by molar-refractivity contribution is -0.144. The van der Waals surface area contributed by atoms with Gasteiger partial charge in [-0.2, -0.15) is 37.9 Å². The van der Waals surface area contributed by atoms with Crippen LogP contribution < -0.4 is 17.1 Å². The Morgan fingerprint density at radius 1 is 0.636 bits per heavy atom. The Bertz CT molecular complexity index is 834. The number of aromatic nitrogens is 3. The first-order valence-electron chi connectivity index (χ1n) is 10.0. The Balaban J connectivity index is 3.13. The number of carbonyl (C=O) groups excluding carboxylic acids is 2. The van der Waals surface area contributed by atoms with Crippen molar-refractivity contribution < 1.29 is 23.8 Å². The van der Waals surface area contributed by atoms with Crippen molar-refractivity contribution in [1.29, 1.82) is 5.41 Å². The monoisotopic (exact) mass is 524 g/mol. The predicted octanol–water partition coefficient (Wildman–Crippen LogP) is -0.788. The molecule has 0 aromatic carbocycles. The summed E-state index contributed by atoms with van der Waals surface area (Å²) in [5.41, 5.74) is -2.76. The van der Waals surface area contributed by atoms with Gasteiger partial charge in [-0.05, 0) is 5.75 Å². The molecular formula is C18H28N4O8S3. The first-order chi connectivity index (χ1) is 15.8. The summed E-state index contributed by atoms with van der Waals surface area (Å²) in [7, 11) is 0. The van der Waals surface area contributed by atoms with Crippen molar-refractivity contribution >= 4 is 55.7 Å². The molecular weight excluding hydrogens is 496 g/mol. The van der Waals surface area contributed by atoms with Crippen LogP contribution in [0.5, 0.6) is 0 Å². The Hall–Kier alpha value is -2.13. The number of carbonyl (C=O) groups is 2. The summed E-state index contributed by atoms with van der Waals surface area (Å²) in [5.74, 6) is -0.180. The Kier molecular flexibility index (Phi) is 13.7. The Morgan fingerprint density at radius 2 is 0.970 bits per heavy atom. The minimum atomic E-state index is -0.930. The van der Waals surface area contributed by atoms with E-state index in [-0.39, 0.29) is 76.1 Å². The van der Waals surface area contributed by atoms with Crippen LogP contribution in [-0.2, 0) is 43.4 Å². The van der Waals surface area contributed by atoms with Gasteiger partial charge in [0.15, 0.2) is 5.90 Å². The highest BCUT2D eigenvalue weighted by Gasteiger charge is 2.17. The maximum atomic E-state index is 12.8. The number of nitrogens with one attached hydrogen (secondary N) is 1. The number of nitrogens with zero attached hydrogens (tertiary/aromatic N) is 3. The van der Waals surface area contributed by atoms with Gasteiger partial charge in [-0.25, -0.2) is 28.1 Å². The summed E-state index contributed by atoms with van der Waals surface area (Å²) in [6, 6.07) is 0. The summed E-state index contributed by atoms with van der Waals surface area (Å²) in [6.45, 7) is -1.49. The van der Waals surface area contributed by atoms with E-state index in [1.807, 2.05) is 0 Å². The molecule has 33 heavy (non-hydrogen) atoms.